The number of rotatable bonds is 0. The van der Waals surface area contributed by atoms with E-state index in [1.165, 1.54) is 6.42 Å². The molecule has 2 aliphatic rings. The Morgan fingerprint density at radius 1 is 1.21 bits per heavy atom. The lowest BCUT2D eigenvalue weighted by Gasteiger charge is -2.43. The molecule has 0 aromatic carbocycles. The minimum atomic E-state index is -0.318. The van der Waals surface area contributed by atoms with E-state index in [2.05, 4.69) is 20.8 Å². The molecule has 0 amide bonds. The predicted octanol–water partition coefficient (Wildman–Crippen LogP) is 1.80. The SMILES string of the molecule is C[C@H]1CC2CCC(C)(C)C(O)C2C1O. The summed E-state index contributed by atoms with van der Waals surface area (Å²) < 4.78 is 0. The molecule has 82 valence electrons. The minimum Gasteiger partial charge on any atom is -0.392 e. The van der Waals surface area contributed by atoms with Gasteiger partial charge in [0.2, 0.25) is 0 Å². The van der Waals surface area contributed by atoms with E-state index < -0.39 is 0 Å². The van der Waals surface area contributed by atoms with Crippen LogP contribution in [0.2, 0.25) is 0 Å². The van der Waals surface area contributed by atoms with E-state index in [9.17, 15) is 10.2 Å². The van der Waals surface area contributed by atoms with Crippen molar-refractivity contribution < 1.29 is 10.2 Å². The van der Waals surface area contributed by atoms with Crippen LogP contribution in [0.4, 0.5) is 0 Å². The van der Waals surface area contributed by atoms with Crippen molar-refractivity contribution in [3.63, 3.8) is 0 Å². The lowest BCUT2D eigenvalue weighted by molar-refractivity contribution is -0.0865. The van der Waals surface area contributed by atoms with E-state index >= 15 is 0 Å². The monoisotopic (exact) mass is 198 g/mol. The van der Waals surface area contributed by atoms with Gasteiger partial charge in [0.1, 0.15) is 0 Å². The summed E-state index contributed by atoms with van der Waals surface area (Å²) in [5, 5.41) is 20.3. The Hall–Kier alpha value is -0.0800. The summed E-state index contributed by atoms with van der Waals surface area (Å²) in [4.78, 5) is 0. The van der Waals surface area contributed by atoms with Gasteiger partial charge >= 0.3 is 0 Å². The van der Waals surface area contributed by atoms with Gasteiger partial charge in [0.15, 0.2) is 0 Å². The summed E-state index contributed by atoms with van der Waals surface area (Å²) in [5.41, 5.74) is -0.00773. The molecule has 0 spiro atoms. The van der Waals surface area contributed by atoms with Crippen molar-refractivity contribution in [2.75, 3.05) is 0 Å². The fraction of sp³-hybridized carbons (Fsp3) is 1.00. The lowest BCUT2D eigenvalue weighted by Crippen LogP contribution is -2.46. The number of fused-ring (bicyclic) bond motifs is 1. The standard InChI is InChI=1S/C12H22O2/c1-7-6-8-4-5-12(2,3)11(14)9(8)10(7)13/h7-11,13-14H,4-6H2,1-3H3/t7-,8?,9?,10?,11?/m0/s1. The van der Waals surface area contributed by atoms with E-state index in [1.54, 1.807) is 0 Å². The molecule has 0 aromatic heterocycles. The molecular formula is C12H22O2. The normalized spacial score (nSPS) is 51.6. The second kappa shape index (κ2) is 3.21. The molecule has 0 aliphatic heterocycles. The van der Waals surface area contributed by atoms with Crippen LogP contribution >= 0.6 is 0 Å². The maximum absolute atomic E-state index is 10.2. The molecule has 2 nitrogen and oxygen atoms in total. The van der Waals surface area contributed by atoms with Crippen LogP contribution in [-0.4, -0.2) is 22.4 Å². The van der Waals surface area contributed by atoms with Gasteiger partial charge in [-0.25, -0.2) is 0 Å². The Labute approximate surface area is 86.3 Å². The Bertz CT molecular complexity index is 224. The molecule has 0 aromatic rings. The largest absolute Gasteiger partial charge is 0.392 e. The summed E-state index contributed by atoms with van der Waals surface area (Å²) in [6, 6.07) is 0. The van der Waals surface area contributed by atoms with Gasteiger partial charge in [0.25, 0.3) is 0 Å². The van der Waals surface area contributed by atoms with E-state index in [-0.39, 0.29) is 23.5 Å². The summed E-state index contributed by atoms with van der Waals surface area (Å²) in [5.74, 6) is 1.06. The van der Waals surface area contributed by atoms with Gasteiger partial charge in [-0.05, 0) is 36.5 Å². The molecule has 0 radical (unpaired) electrons. The quantitative estimate of drug-likeness (QED) is 0.623. The van der Waals surface area contributed by atoms with Crippen LogP contribution in [0, 0.1) is 23.2 Å². The smallest absolute Gasteiger partial charge is 0.0646 e. The first-order chi connectivity index (χ1) is 6.43. The highest BCUT2D eigenvalue weighted by atomic mass is 16.3. The van der Waals surface area contributed by atoms with Crippen molar-refractivity contribution >= 4 is 0 Å². The summed E-state index contributed by atoms with van der Waals surface area (Å²) in [6.07, 6.45) is 2.76. The third-order valence-corrected chi connectivity index (χ3v) is 4.52. The third kappa shape index (κ3) is 1.40. The molecule has 2 aliphatic carbocycles. The van der Waals surface area contributed by atoms with E-state index in [0.717, 1.165) is 12.8 Å². The van der Waals surface area contributed by atoms with Gasteiger partial charge in [-0.1, -0.05) is 20.8 Å². The van der Waals surface area contributed by atoms with E-state index in [4.69, 9.17) is 0 Å². The number of hydrogen-bond donors (Lipinski definition) is 2. The molecule has 2 fully saturated rings. The molecule has 2 N–H and O–H groups in total. The van der Waals surface area contributed by atoms with Crippen LogP contribution in [0.5, 0.6) is 0 Å². The lowest BCUT2D eigenvalue weighted by atomic mass is 9.65. The zero-order valence-electron chi connectivity index (χ0n) is 9.40. The van der Waals surface area contributed by atoms with Crippen molar-refractivity contribution in [1.82, 2.24) is 0 Å². The average Bonchev–Trinajstić information content (AvgIpc) is 2.38. The van der Waals surface area contributed by atoms with Crippen molar-refractivity contribution in [3.8, 4) is 0 Å². The Morgan fingerprint density at radius 2 is 1.86 bits per heavy atom. The summed E-state index contributed by atoms with van der Waals surface area (Å²) in [6.45, 7) is 6.33. The van der Waals surface area contributed by atoms with Gasteiger partial charge in [-0.15, -0.1) is 0 Å². The van der Waals surface area contributed by atoms with Crippen molar-refractivity contribution in [2.24, 2.45) is 23.2 Å². The Balaban J connectivity index is 2.20. The van der Waals surface area contributed by atoms with Crippen LogP contribution < -0.4 is 0 Å². The van der Waals surface area contributed by atoms with Gasteiger partial charge in [-0.3, -0.25) is 0 Å². The number of hydrogen-bond acceptors (Lipinski definition) is 2. The van der Waals surface area contributed by atoms with Gasteiger partial charge in [0.05, 0.1) is 12.2 Å². The van der Waals surface area contributed by atoms with Crippen molar-refractivity contribution in [1.29, 1.82) is 0 Å². The zero-order valence-corrected chi connectivity index (χ0v) is 9.40. The fourth-order valence-electron chi connectivity index (χ4n) is 3.41. The first kappa shape index (κ1) is 10.4. The van der Waals surface area contributed by atoms with E-state index in [1.807, 2.05) is 0 Å². The van der Waals surface area contributed by atoms with Crippen molar-refractivity contribution in [2.45, 2.75) is 52.2 Å². The third-order valence-electron chi connectivity index (χ3n) is 4.52. The Kier molecular flexibility index (Phi) is 2.39. The van der Waals surface area contributed by atoms with E-state index in [0.29, 0.717) is 11.8 Å². The maximum atomic E-state index is 10.2. The van der Waals surface area contributed by atoms with Gasteiger partial charge in [0, 0.05) is 5.92 Å². The first-order valence-corrected chi connectivity index (χ1v) is 5.79. The Morgan fingerprint density at radius 3 is 2.50 bits per heavy atom. The van der Waals surface area contributed by atoms with Crippen LogP contribution in [0.15, 0.2) is 0 Å². The highest BCUT2D eigenvalue weighted by Crippen LogP contribution is 2.51. The number of aliphatic hydroxyl groups excluding tert-OH is 2. The molecule has 2 saturated carbocycles. The van der Waals surface area contributed by atoms with Crippen LogP contribution in [0.3, 0.4) is 0 Å². The zero-order chi connectivity index (χ0) is 10.5. The first-order valence-electron chi connectivity index (χ1n) is 5.79. The molecule has 0 saturated heterocycles. The van der Waals surface area contributed by atoms with Gasteiger partial charge < -0.3 is 10.2 Å². The number of aliphatic hydroxyl groups is 2. The van der Waals surface area contributed by atoms with Crippen LogP contribution in [-0.2, 0) is 0 Å². The molecule has 2 rings (SSSR count). The molecule has 0 heterocycles. The average molecular weight is 198 g/mol. The maximum Gasteiger partial charge on any atom is 0.0646 e. The molecule has 4 unspecified atom stereocenters. The van der Waals surface area contributed by atoms with Crippen molar-refractivity contribution in [3.05, 3.63) is 0 Å². The summed E-state index contributed by atoms with van der Waals surface area (Å²) in [7, 11) is 0. The molecular weight excluding hydrogens is 176 g/mol. The minimum absolute atomic E-state index is 0.00773. The highest BCUT2D eigenvalue weighted by molar-refractivity contribution is 5.00. The highest BCUT2D eigenvalue weighted by Gasteiger charge is 2.51. The van der Waals surface area contributed by atoms with Crippen LogP contribution in [0.25, 0.3) is 0 Å². The molecule has 0 bridgehead atoms. The second-order valence-electron chi connectivity index (χ2n) is 6.01. The fourth-order valence-corrected chi connectivity index (χ4v) is 3.41. The molecule has 14 heavy (non-hydrogen) atoms. The predicted molar refractivity (Wildman–Crippen MR) is 55.8 cm³/mol. The topological polar surface area (TPSA) is 40.5 Å². The summed E-state index contributed by atoms with van der Waals surface area (Å²) >= 11 is 0. The molecule has 5 atom stereocenters. The van der Waals surface area contributed by atoms with Gasteiger partial charge in [-0.2, -0.15) is 0 Å². The molecule has 2 heteroatoms. The van der Waals surface area contributed by atoms with Crippen LogP contribution in [0.1, 0.15) is 40.0 Å². The second-order valence-corrected chi connectivity index (χ2v) is 6.01.